The zero-order valence-corrected chi connectivity index (χ0v) is 20.9. The van der Waals surface area contributed by atoms with E-state index in [-0.39, 0.29) is 15.3 Å². The van der Waals surface area contributed by atoms with Crippen LogP contribution >= 0.6 is 11.3 Å². The summed E-state index contributed by atoms with van der Waals surface area (Å²) in [4.78, 5) is 25.0. The second-order valence-corrected chi connectivity index (χ2v) is 10.7. The van der Waals surface area contributed by atoms with Crippen molar-refractivity contribution in [3.63, 3.8) is 0 Å². The summed E-state index contributed by atoms with van der Waals surface area (Å²) in [6.07, 6.45) is 0. The SMILES string of the molecule is CCn1c(=O)sc2cc(NC(=O)c3ccc(C)c(S(=O)(=O)Nc4cccc(C)c4C)c3)ccc21. The molecule has 1 aromatic heterocycles. The number of nitrogens with zero attached hydrogens (tertiary/aromatic N) is 1. The third-order valence-electron chi connectivity index (χ3n) is 5.83. The van der Waals surface area contributed by atoms with Gasteiger partial charge in [0, 0.05) is 17.8 Å². The molecule has 0 spiro atoms. The number of nitrogens with one attached hydrogen (secondary N) is 2. The van der Waals surface area contributed by atoms with E-state index in [1.54, 1.807) is 54.0 Å². The van der Waals surface area contributed by atoms with Gasteiger partial charge in [-0.2, -0.15) is 0 Å². The van der Waals surface area contributed by atoms with Crippen molar-refractivity contribution in [2.45, 2.75) is 39.1 Å². The number of benzene rings is 3. The predicted molar refractivity (Wildman–Crippen MR) is 138 cm³/mol. The quantitative estimate of drug-likeness (QED) is 0.391. The number of fused-ring (bicyclic) bond motifs is 1. The van der Waals surface area contributed by atoms with Crippen molar-refractivity contribution in [3.8, 4) is 0 Å². The first kappa shape index (κ1) is 23.7. The Labute approximate surface area is 202 Å². The summed E-state index contributed by atoms with van der Waals surface area (Å²) in [6, 6.07) is 15.3. The molecule has 0 aliphatic carbocycles. The average Bonchev–Trinajstić information content (AvgIpc) is 3.11. The largest absolute Gasteiger partial charge is 0.322 e. The monoisotopic (exact) mass is 495 g/mol. The normalized spacial score (nSPS) is 11.5. The van der Waals surface area contributed by atoms with Crippen LogP contribution in [0.2, 0.25) is 0 Å². The van der Waals surface area contributed by atoms with Crippen LogP contribution < -0.4 is 14.9 Å². The molecule has 0 fully saturated rings. The molecule has 4 rings (SSSR count). The fourth-order valence-electron chi connectivity index (χ4n) is 3.74. The maximum absolute atomic E-state index is 13.2. The zero-order chi connectivity index (χ0) is 24.6. The summed E-state index contributed by atoms with van der Waals surface area (Å²) in [5, 5.41) is 2.80. The second kappa shape index (κ2) is 9.08. The molecule has 1 amide bonds. The summed E-state index contributed by atoms with van der Waals surface area (Å²) in [5.41, 5.74) is 4.40. The van der Waals surface area contributed by atoms with Gasteiger partial charge in [-0.15, -0.1) is 0 Å². The van der Waals surface area contributed by atoms with Crippen LogP contribution in [0.3, 0.4) is 0 Å². The molecule has 0 unspecified atom stereocenters. The number of hydrogen-bond acceptors (Lipinski definition) is 5. The van der Waals surface area contributed by atoms with Crippen LogP contribution in [0.5, 0.6) is 0 Å². The second-order valence-electron chi connectivity index (χ2n) is 8.08. The van der Waals surface area contributed by atoms with Crippen LogP contribution in [-0.4, -0.2) is 18.9 Å². The topological polar surface area (TPSA) is 97.3 Å². The van der Waals surface area contributed by atoms with E-state index in [2.05, 4.69) is 10.0 Å². The average molecular weight is 496 g/mol. The summed E-state index contributed by atoms with van der Waals surface area (Å²) in [5.74, 6) is -0.440. The lowest BCUT2D eigenvalue weighted by molar-refractivity contribution is 0.102. The lowest BCUT2D eigenvalue weighted by atomic mass is 10.1. The molecule has 7 nitrogen and oxygen atoms in total. The fraction of sp³-hybridized carbons (Fsp3) is 0.200. The smallest absolute Gasteiger partial charge is 0.308 e. The van der Waals surface area contributed by atoms with E-state index in [0.717, 1.165) is 32.7 Å². The molecule has 0 saturated heterocycles. The van der Waals surface area contributed by atoms with E-state index in [4.69, 9.17) is 0 Å². The Kier molecular flexibility index (Phi) is 6.33. The molecule has 34 heavy (non-hydrogen) atoms. The van der Waals surface area contributed by atoms with Crippen molar-refractivity contribution in [3.05, 3.63) is 86.5 Å². The molecule has 176 valence electrons. The number of thiazole rings is 1. The van der Waals surface area contributed by atoms with Gasteiger partial charge < -0.3 is 5.32 Å². The maximum Gasteiger partial charge on any atom is 0.308 e. The molecule has 0 aliphatic rings. The van der Waals surface area contributed by atoms with E-state index in [0.29, 0.717) is 23.5 Å². The lowest BCUT2D eigenvalue weighted by Gasteiger charge is -2.14. The Morgan fingerprint density at radius 2 is 1.76 bits per heavy atom. The van der Waals surface area contributed by atoms with Gasteiger partial charge in [0.15, 0.2) is 0 Å². The lowest BCUT2D eigenvalue weighted by Crippen LogP contribution is -2.17. The molecule has 3 aromatic carbocycles. The van der Waals surface area contributed by atoms with Crippen LogP contribution in [0.4, 0.5) is 11.4 Å². The van der Waals surface area contributed by atoms with Gasteiger partial charge in [0.25, 0.3) is 15.9 Å². The molecule has 0 aliphatic heterocycles. The Hall–Kier alpha value is -3.43. The van der Waals surface area contributed by atoms with Gasteiger partial charge in [0.2, 0.25) is 0 Å². The van der Waals surface area contributed by atoms with E-state index in [1.165, 1.54) is 6.07 Å². The van der Waals surface area contributed by atoms with Gasteiger partial charge in [0.1, 0.15) is 0 Å². The molecular weight excluding hydrogens is 470 g/mol. The van der Waals surface area contributed by atoms with Crippen molar-refractivity contribution >= 4 is 48.9 Å². The van der Waals surface area contributed by atoms with Gasteiger partial charge in [-0.25, -0.2) is 8.42 Å². The number of anilines is 2. The van der Waals surface area contributed by atoms with Gasteiger partial charge >= 0.3 is 4.87 Å². The molecule has 0 atom stereocenters. The minimum Gasteiger partial charge on any atom is -0.322 e. The molecule has 9 heteroatoms. The van der Waals surface area contributed by atoms with Crippen molar-refractivity contribution in [2.24, 2.45) is 0 Å². The highest BCUT2D eigenvalue weighted by Crippen LogP contribution is 2.26. The standard InChI is InChI=1S/C25H25N3O4S2/c1-5-28-21-12-11-19(14-22(21)33-25(28)30)26-24(29)18-10-9-16(3)23(13-18)34(31,32)27-20-8-6-7-15(2)17(20)4/h6-14,27H,5H2,1-4H3,(H,26,29). The number of aryl methyl sites for hydroxylation is 3. The zero-order valence-electron chi connectivity index (χ0n) is 19.3. The Morgan fingerprint density at radius 1 is 1.00 bits per heavy atom. The Morgan fingerprint density at radius 3 is 2.50 bits per heavy atom. The Balaban J connectivity index is 1.62. The molecule has 2 N–H and O–H groups in total. The minimum atomic E-state index is -3.91. The summed E-state index contributed by atoms with van der Waals surface area (Å²) in [6.45, 7) is 7.93. The summed E-state index contributed by atoms with van der Waals surface area (Å²) in [7, 11) is -3.91. The molecule has 0 bridgehead atoms. The highest BCUT2D eigenvalue weighted by Gasteiger charge is 2.20. The van der Waals surface area contributed by atoms with Gasteiger partial charge in [0.05, 0.1) is 20.8 Å². The first-order valence-corrected chi connectivity index (χ1v) is 13.0. The molecule has 0 saturated carbocycles. The van der Waals surface area contributed by atoms with Crippen molar-refractivity contribution < 1.29 is 13.2 Å². The first-order chi connectivity index (χ1) is 16.1. The number of aromatic nitrogens is 1. The van der Waals surface area contributed by atoms with E-state index in [9.17, 15) is 18.0 Å². The highest BCUT2D eigenvalue weighted by atomic mass is 32.2. The van der Waals surface area contributed by atoms with Crippen LogP contribution in [0, 0.1) is 20.8 Å². The number of rotatable bonds is 6. The number of carbonyl (C=O) groups is 1. The van der Waals surface area contributed by atoms with Gasteiger partial charge in [-0.05, 0) is 80.8 Å². The first-order valence-electron chi connectivity index (χ1n) is 10.7. The van der Waals surface area contributed by atoms with Gasteiger partial charge in [-0.3, -0.25) is 18.9 Å². The summed E-state index contributed by atoms with van der Waals surface area (Å²) >= 11 is 1.12. The van der Waals surface area contributed by atoms with Crippen LogP contribution in [0.1, 0.15) is 34.0 Å². The number of amides is 1. The maximum atomic E-state index is 13.2. The number of sulfonamides is 1. The molecule has 1 heterocycles. The van der Waals surface area contributed by atoms with E-state index < -0.39 is 15.9 Å². The number of hydrogen-bond donors (Lipinski definition) is 2. The summed E-state index contributed by atoms with van der Waals surface area (Å²) < 4.78 is 31.4. The molecular formula is C25H25N3O4S2. The third-order valence-corrected chi connectivity index (χ3v) is 8.28. The Bertz CT molecular complexity index is 1580. The molecule has 4 aromatic rings. The fourth-order valence-corrected chi connectivity index (χ4v) is 6.13. The van der Waals surface area contributed by atoms with Crippen molar-refractivity contribution in [1.82, 2.24) is 4.57 Å². The minimum absolute atomic E-state index is 0.0368. The molecule has 0 radical (unpaired) electrons. The van der Waals surface area contributed by atoms with Crippen LogP contribution in [0.25, 0.3) is 10.2 Å². The van der Waals surface area contributed by atoms with Crippen LogP contribution in [-0.2, 0) is 16.6 Å². The van der Waals surface area contributed by atoms with Crippen molar-refractivity contribution in [2.75, 3.05) is 10.0 Å². The van der Waals surface area contributed by atoms with E-state index >= 15 is 0 Å². The van der Waals surface area contributed by atoms with Gasteiger partial charge in [-0.1, -0.05) is 29.5 Å². The third kappa shape index (κ3) is 4.49. The van der Waals surface area contributed by atoms with Crippen LogP contribution in [0.15, 0.2) is 64.3 Å². The number of carbonyl (C=O) groups excluding carboxylic acids is 1. The van der Waals surface area contributed by atoms with E-state index in [1.807, 2.05) is 26.8 Å². The van der Waals surface area contributed by atoms with Crippen molar-refractivity contribution in [1.29, 1.82) is 0 Å². The highest BCUT2D eigenvalue weighted by molar-refractivity contribution is 7.92. The predicted octanol–water partition coefficient (Wildman–Crippen LogP) is 5.06.